The first-order valence-corrected chi connectivity index (χ1v) is 5.09. The van der Waals surface area contributed by atoms with Crippen LogP contribution >= 0.6 is 0 Å². The lowest BCUT2D eigenvalue weighted by molar-refractivity contribution is -0.137. The fourth-order valence-corrected chi connectivity index (χ4v) is 1.42. The Morgan fingerprint density at radius 1 is 1.64 bits per heavy atom. The van der Waals surface area contributed by atoms with E-state index in [1.807, 2.05) is 0 Å². The summed E-state index contributed by atoms with van der Waals surface area (Å²) in [5.74, 6) is -0.272. The third-order valence-corrected chi connectivity index (χ3v) is 2.66. The summed E-state index contributed by atoms with van der Waals surface area (Å²) < 4.78 is 10.5. The van der Waals surface area contributed by atoms with E-state index in [-0.39, 0.29) is 17.7 Å². The molecule has 0 amide bonds. The molecule has 1 saturated heterocycles. The summed E-state index contributed by atoms with van der Waals surface area (Å²) in [6.07, 6.45) is 5.18. The van der Waals surface area contributed by atoms with Gasteiger partial charge in [-0.3, -0.25) is 0 Å². The molecule has 3 nitrogen and oxygen atoms in total. The molecule has 2 atom stereocenters. The molecule has 2 unspecified atom stereocenters. The lowest BCUT2D eigenvalue weighted by Gasteiger charge is -2.01. The monoisotopic (exact) mass is 198 g/mol. The molecule has 80 valence electrons. The maximum atomic E-state index is 10.9. The van der Waals surface area contributed by atoms with Gasteiger partial charge >= 0.3 is 5.97 Å². The smallest absolute Gasteiger partial charge is 0.330 e. The lowest BCUT2D eigenvalue weighted by Crippen LogP contribution is -2.11. The zero-order valence-corrected chi connectivity index (χ0v) is 9.08. The van der Waals surface area contributed by atoms with Crippen molar-refractivity contribution < 1.29 is 14.3 Å². The van der Waals surface area contributed by atoms with Crippen molar-refractivity contribution in [3.8, 4) is 0 Å². The minimum atomic E-state index is -0.272. The summed E-state index contributed by atoms with van der Waals surface area (Å²) in [5, 5.41) is 0. The van der Waals surface area contributed by atoms with E-state index in [9.17, 15) is 4.79 Å². The van der Waals surface area contributed by atoms with Crippen LogP contribution in [0.4, 0.5) is 0 Å². The zero-order chi connectivity index (χ0) is 10.6. The van der Waals surface area contributed by atoms with Crippen molar-refractivity contribution >= 4 is 5.97 Å². The van der Waals surface area contributed by atoms with Gasteiger partial charge in [0.2, 0.25) is 0 Å². The quantitative estimate of drug-likeness (QED) is 0.385. The molecular weight excluding hydrogens is 180 g/mol. The Bertz CT molecular complexity index is 235. The van der Waals surface area contributed by atoms with E-state index in [0.717, 1.165) is 12.8 Å². The SMILES string of the molecule is CC=CC(=O)OCCC1OC1(C)CC. The molecular formula is C11H18O3. The van der Waals surface area contributed by atoms with Gasteiger partial charge in [0.15, 0.2) is 0 Å². The molecule has 1 fully saturated rings. The number of rotatable bonds is 5. The summed E-state index contributed by atoms with van der Waals surface area (Å²) >= 11 is 0. The average Bonchev–Trinajstić information content (AvgIpc) is 2.79. The fraction of sp³-hybridized carbons (Fsp3) is 0.727. The van der Waals surface area contributed by atoms with Gasteiger partial charge in [0.05, 0.1) is 18.3 Å². The Labute approximate surface area is 85.1 Å². The molecule has 1 aliphatic heterocycles. The van der Waals surface area contributed by atoms with Crippen LogP contribution in [-0.2, 0) is 14.3 Å². The molecule has 3 heteroatoms. The fourth-order valence-electron chi connectivity index (χ4n) is 1.42. The van der Waals surface area contributed by atoms with Crippen LogP contribution in [-0.4, -0.2) is 24.3 Å². The molecule has 0 saturated carbocycles. The lowest BCUT2D eigenvalue weighted by atomic mass is 10.0. The third kappa shape index (κ3) is 2.84. The normalized spacial score (nSPS) is 30.6. The van der Waals surface area contributed by atoms with Gasteiger partial charge in [-0.05, 0) is 20.3 Å². The van der Waals surface area contributed by atoms with Crippen molar-refractivity contribution in [1.29, 1.82) is 0 Å². The van der Waals surface area contributed by atoms with E-state index in [1.165, 1.54) is 6.08 Å². The van der Waals surface area contributed by atoms with E-state index in [0.29, 0.717) is 6.61 Å². The van der Waals surface area contributed by atoms with Crippen LogP contribution < -0.4 is 0 Å². The van der Waals surface area contributed by atoms with Gasteiger partial charge in [0.1, 0.15) is 0 Å². The highest BCUT2D eigenvalue weighted by atomic mass is 16.6. The summed E-state index contributed by atoms with van der Waals surface area (Å²) in [7, 11) is 0. The number of esters is 1. The predicted molar refractivity (Wildman–Crippen MR) is 54.0 cm³/mol. The average molecular weight is 198 g/mol. The minimum absolute atomic E-state index is 0.0347. The Balaban J connectivity index is 2.09. The second-order valence-corrected chi connectivity index (χ2v) is 3.73. The largest absolute Gasteiger partial charge is 0.462 e. The van der Waals surface area contributed by atoms with E-state index >= 15 is 0 Å². The highest BCUT2D eigenvalue weighted by Gasteiger charge is 2.49. The van der Waals surface area contributed by atoms with Crippen molar-refractivity contribution in [2.45, 2.75) is 45.3 Å². The highest BCUT2D eigenvalue weighted by Crippen LogP contribution is 2.40. The van der Waals surface area contributed by atoms with Gasteiger partial charge in [0.25, 0.3) is 0 Å². The van der Waals surface area contributed by atoms with Crippen LogP contribution in [0.3, 0.4) is 0 Å². The van der Waals surface area contributed by atoms with Crippen LogP contribution in [0.25, 0.3) is 0 Å². The minimum Gasteiger partial charge on any atom is -0.462 e. The van der Waals surface area contributed by atoms with Crippen LogP contribution in [0, 0.1) is 0 Å². The molecule has 1 aliphatic rings. The molecule has 0 aliphatic carbocycles. The molecule has 0 aromatic rings. The second-order valence-electron chi connectivity index (χ2n) is 3.73. The molecule has 1 rings (SSSR count). The molecule has 0 radical (unpaired) electrons. The third-order valence-electron chi connectivity index (χ3n) is 2.66. The first kappa shape index (κ1) is 11.2. The first-order chi connectivity index (χ1) is 6.62. The van der Waals surface area contributed by atoms with Crippen molar-refractivity contribution in [3.63, 3.8) is 0 Å². The molecule has 0 spiro atoms. The maximum absolute atomic E-state index is 10.9. The number of epoxide rings is 1. The Kier molecular flexibility index (Phi) is 3.69. The van der Waals surface area contributed by atoms with Gasteiger partial charge in [0, 0.05) is 12.5 Å². The number of ether oxygens (including phenoxy) is 2. The molecule has 0 bridgehead atoms. The highest BCUT2D eigenvalue weighted by molar-refractivity contribution is 5.81. The van der Waals surface area contributed by atoms with E-state index in [1.54, 1.807) is 13.0 Å². The van der Waals surface area contributed by atoms with Crippen LogP contribution in [0.5, 0.6) is 0 Å². The molecule has 0 aromatic carbocycles. The Hall–Kier alpha value is -0.830. The van der Waals surface area contributed by atoms with Gasteiger partial charge < -0.3 is 9.47 Å². The van der Waals surface area contributed by atoms with Crippen LogP contribution in [0.15, 0.2) is 12.2 Å². The van der Waals surface area contributed by atoms with Crippen molar-refractivity contribution in [2.75, 3.05) is 6.61 Å². The summed E-state index contributed by atoms with van der Waals surface area (Å²) in [5.41, 5.74) is 0.0347. The van der Waals surface area contributed by atoms with Gasteiger partial charge in [-0.25, -0.2) is 4.79 Å². The van der Waals surface area contributed by atoms with E-state index < -0.39 is 0 Å². The number of allylic oxidation sites excluding steroid dienone is 1. The van der Waals surface area contributed by atoms with E-state index in [2.05, 4.69) is 13.8 Å². The first-order valence-electron chi connectivity index (χ1n) is 5.09. The molecule has 0 N–H and O–H groups in total. The predicted octanol–water partition coefficient (Wildman–Crippen LogP) is 2.06. The number of hydrogen-bond acceptors (Lipinski definition) is 3. The van der Waals surface area contributed by atoms with Gasteiger partial charge in [-0.2, -0.15) is 0 Å². The van der Waals surface area contributed by atoms with Crippen molar-refractivity contribution in [3.05, 3.63) is 12.2 Å². The topological polar surface area (TPSA) is 38.8 Å². The van der Waals surface area contributed by atoms with Crippen LogP contribution in [0.2, 0.25) is 0 Å². The number of hydrogen-bond donors (Lipinski definition) is 0. The Morgan fingerprint density at radius 3 is 2.86 bits per heavy atom. The standard InChI is InChI=1S/C11H18O3/c1-4-6-10(12)13-8-7-9-11(3,5-2)14-9/h4,6,9H,5,7-8H2,1-3H3. The summed E-state index contributed by atoms with van der Waals surface area (Å²) in [4.78, 5) is 10.9. The van der Waals surface area contributed by atoms with Gasteiger partial charge in [-0.15, -0.1) is 0 Å². The van der Waals surface area contributed by atoms with Gasteiger partial charge in [-0.1, -0.05) is 13.0 Å². The maximum Gasteiger partial charge on any atom is 0.330 e. The molecule has 14 heavy (non-hydrogen) atoms. The van der Waals surface area contributed by atoms with Crippen molar-refractivity contribution in [2.24, 2.45) is 0 Å². The number of carbonyl (C=O) groups is 1. The molecule has 0 aromatic heterocycles. The molecule has 1 heterocycles. The number of carbonyl (C=O) groups excluding carboxylic acids is 1. The van der Waals surface area contributed by atoms with E-state index in [4.69, 9.17) is 9.47 Å². The second kappa shape index (κ2) is 4.60. The van der Waals surface area contributed by atoms with Crippen LogP contribution in [0.1, 0.15) is 33.6 Å². The summed E-state index contributed by atoms with van der Waals surface area (Å²) in [6.45, 7) is 6.43. The van der Waals surface area contributed by atoms with Crippen molar-refractivity contribution in [1.82, 2.24) is 0 Å². The Morgan fingerprint density at radius 2 is 2.36 bits per heavy atom. The zero-order valence-electron chi connectivity index (χ0n) is 9.08. The summed E-state index contributed by atoms with van der Waals surface area (Å²) in [6, 6.07) is 0.